The first kappa shape index (κ1) is 19.3. The van der Waals surface area contributed by atoms with Crippen LogP contribution >= 0.6 is 11.3 Å². The Hall–Kier alpha value is -3.05. The molecule has 0 saturated carbocycles. The van der Waals surface area contributed by atoms with Crippen LogP contribution in [0, 0.1) is 27.7 Å². The number of fused-ring (bicyclic) bond motifs is 1. The molecule has 4 rings (SSSR count). The van der Waals surface area contributed by atoms with Crippen LogP contribution in [0.5, 0.6) is 0 Å². The van der Waals surface area contributed by atoms with Crippen molar-refractivity contribution in [1.82, 2.24) is 9.97 Å². The molecule has 0 radical (unpaired) electrons. The molecule has 0 aliphatic carbocycles. The number of pyridine rings is 1. The van der Waals surface area contributed by atoms with E-state index >= 15 is 0 Å². The van der Waals surface area contributed by atoms with Crippen molar-refractivity contribution < 1.29 is 4.79 Å². The van der Waals surface area contributed by atoms with Crippen LogP contribution in [-0.2, 0) is 6.54 Å². The van der Waals surface area contributed by atoms with Gasteiger partial charge in [-0.25, -0.2) is 4.98 Å². The number of benzene rings is 2. The first-order chi connectivity index (χ1) is 13.9. The van der Waals surface area contributed by atoms with Crippen molar-refractivity contribution in [3.63, 3.8) is 0 Å². The summed E-state index contributed by atoms with van der Waals surface area (Å²) in [6, 6.07) is 14.0. The van der Waals surface area contributed by atoms with E-state index in [0.717, 1.165) is 32.5 Å². The van der Waals surface area contributed by atoms with Crippen LogP contribution in [0.1, 0.15) is 38.2 Å². The Balaban J connectivity index is 1.82. The van der Waals surface area contributed by atoms with Crippen molar-refractivity contribution >= 4 is 32.6 Å². The molecule has 0 unspecified atom stereocenters. The molecule has 0 fully saturated rings. The van der Waals surface area contributed by atoms with E-state index in [1.807, 2.05) is 38.1 Å². The molecule has 0 spiro atoms. The van der Waals surface area contributed by atoms with Gasteiger partial charge < -0.3 is 0 Å². The monoisotopic (exact) mass is 401 g/mol. The minimum absolute atomic E-state index is 0.0471. The average molecular weight is 402 g/mol. The molecule has 29 heavy (non-hydrogen) atoms. The van der Waals surface area contributed by atoms with Gasteiger partial charge in [0, 0.05) is 18.0 Å². The fourth-order valence-corrected chi connectivity index (χ4v) is 4.51. The zero-order valence-electron chi connectivity index (χ0n) is 17.1. The predicted molar refractivity (Wildman–Crippen MR) is 120 cm³/mol. The zero-order valence-corrected chi connectivity index (χ0v) is 17.9. The minimum atomic E-state index is -0.0471. The van der Waals surface area contributed by atoms with Gasteiger partial charge in [-0.1, -0.05) is 40.7 Å². The third-order valence-electron chi connectivity index (χ3n) is 5.08. The van der Waals surface area contributed by atoms with Crippen LogP contribution in [0.25, 0.3) is 10.2 Å². The van der Waals surface area contributed by atoms with Gasteiger partial charge in [0.05, 0.1) is 16.8 Å². The highest BCUT2D eigenvalue weighted by atomic mass is 32.1. The molecule has 0 aliphatic rings. The fraction of sp³-hybridized carbons (Fsp3) is 0.208. The Morgan fingerprint density at radius 2 is 1.79 bits per heavy atom. The van der Waals surface area contributed by atoms with Gasteiger partial charge >= 0.3 is 0 Å². The van der Waals surface area contributed by atoms with Crippen LogP contribution < -0.4 is 4.90 Å². The normalized spacial score (nSPS) is 11.0. The number of thiazole rings is 1. The maximum absolute atomic E-state index is 13.6. The molecule has 4 aromatic rings. The minimum Gasteiger partial charge on any atom is -0.279 e. The van der Waals surface area contributed by atoms with Gasteiger partial charge in [0.25, 0.3) is 5.91 Å². The van der Waals surface area contributed by atoms with Crippen molar-refractivity contribution in [3.05, 3.63) is 88.2 Å². The lowest BCUT2D eigenvalue weighted by atomic mass is 10.1. The first-order valence-corrected chi connectivity index (χ1v) is 10.4. The molecule has 0 aliphatic heterocycles. The summed E-state index contributed by atoms with van der Waals surface area (Å²) in [5, 5.41) is 0.710. The lowest BCUT2D eigenvalue weighted by Crippen LogP contribution is -2.30. The van der Waals surface area contributed by atoms with Gasteiger partial charge in [0.15, 0.2) is 5.13 Å². The molecule has 5 heteroatoms. The van der Waals surface area contributed by atoms with Crippen LogP contribution in [0.4, 0.5) is 5.13 Å². The summed E-state index contributed by atoms with van der Waals surface area (Å²) in [4.78, 5) is 24.4. The van der Waals surface area contributed by atoms with Gasteiger partial charge in [-0.05, 0) is 68.7 Å². The van der Waals surface area contributed by atoms with Crippen molar-refractivity contribution in [3.8, 4) is 0 Å². The van der Waals surface area contributed by atoms with E-state index < -0.39 is 0 Å². The van der Waals surface area contributed by atoms with Gasteiger partial charge in [0.2, 0.25) is 0 Å². The number of aromatic nitrogens is 2. The maximum atomic E-state index is 13.6. The summed E-state index contributed by atoms with van der Waals surface area (Å²) in [7, 11) is 0. The number of aryl methyl sites for hydroxylation is 4. The second-order valence-electron chi connectivity index (χ2n) is 7.48. The van der Waals surface area contributed by atoms with Gasteiger partial charge in [-0.3, -0.25) is 14.7 Å². The van der Waals surface area contributed by atoms with E-state index in [1.165, 1.54) is 5.56 Å². The quantitative estimate of drug-likeness (QED) is 0.436. The molecular formula is C24H23N3OS. The van der Waals surface area contributed by atoms with Gasteiger partial charge in [-0.15, -0.1) is 0 Å². The molecule has 2 aromatic heterocycles. The number of hydrogen-bond donors (Lipinski definition) is 0. The Bertz CT molecular complexity index is 1180. The summed E-state index contributed by atoms with van der Waals surface area (Å²) >= 11 is 1.55. The highest BCUT2D eigenvalue weighted by molar-refractivity contribution is 7.22. The van der Waals surface area contributed by atoms with E-state index in [2.05, 4.69) is 37.0 Å². The molecule has 0 saturated heterocycles. The number of amides is 1. The smallest absolute Gasteiger partial charge is 0.260 e. The molecule has 0 bridgehead atoms. The molecule has 146 valence electrons. The Morgan fingerprint density at radius 1 is 1.03 bits per heavy atom. The van der Waals surface area contributed by atoms with Crippen LogP contribution in [0.15, 0.2) is 54.9 Å². The van der Waals surface area contributed by atoms with E-state index in [-0.39, 0.29) is 5.91 Å². The molecule has 0 atom stereocenters. The number of nitrogens with zero attached hydrogens (tertiary/aromatic N) is 3. The second-order valence-corrected chi connectivity index (χ2v) is 8.49. The number of carbonyl (C=O) groups is 1. The zero-order chi connectivity index (χ0) is 20.5. The molecule has 4 nitrogen and oxygen atoms in total. The lowest BCUT2D eigenvalue weighted by molar-refractivity contribution is 0.0985. The highest BCUT2D eigenvalue weighted by Crippen LogP contribution is 2.33. The van der Waals surface area contributed by atoms with E-state index in [0.29, 0.717) is 17.2 Å². The molecule has 2 heterocycles. The summed E-state index contributed by atoms with van der Waals surface area (Å²) in [6.07, 6.45) is 3.54. The van der Waals surface area contributed by atoms with E-state index in [1.54, 1.807) is 28.6 Å². The van der Waals surface area contributed by atoms with Gasteiger partial charge in [-0.2, -0.15) is 0 Å². The van der Waals surface area contributed by atoms with Crippen molar-refractivity contribution in [2.24, 2.45) is 0 Å². The van der Waals surface area contributed by atoms with E-state index in [9.17, 15) is 4.79 Å². The largest absolute Gasteiger partial charge is 0.279 e. The standard InChI is InChI=1S/C24H23N3OS/c1-15-10-16(2)12-20(11-15)23(28)27(14-19-6-5-9-25-13-19)24-26-22-18(4)17(3)7-8-21(22)29-24/h5-13H,14H2,1-4H3. The predicted octanol–water partition coefficient (Wildman–Crippen LogP) is 5.77. The second kappa shape index (κ2) is 7.76. The third kappa shape index (κ3) is 3.91. The SMILES string of the molecule is Cc1cc(C)cc(C(=O)N(Cc2cccnc2)c2nc3c(C)c(C)ccc3s2)c1. The van der Waals surface area contributed by atoms with Crippen molar-refractivity contribution in [2.75, 3.05) is 4.90 Å². The first-order valence-electron chi connectivity index (χ1n) is 9.58. The van der Waals surface area contributed by atoms with Crippen molar-refractivity contribution in [2.45, 2.75) is 34.2 Å². The van der Waals surface area contributed by atoms with Crippen LogP contribution in [-0.4, -0.2) is 15.9 Å². The molecule has 0 N–H and O–H groups in total. The number of hydrogen-bond acceptors (Lipinski definition) is 4. The Kier molecular flexibility index (Phi) is 5.16. The lowest BCUT2D eigenvalue weighted by Gasteiger charge is -2.20. The maximum Gasteiger partial charge on any atom is 0.260 e. The van der Waals surface area contributed by atoms with Crippen molar-refractivity contribution in [1.29, 1.82) is 0 Å². The van der Waals surface area contributed by atoms with Crippen LogP contribution in [0.3, 0.4) is 0 Å². The Labute approximate surface area is 174 Å². The topological polar surface area (TPSA) is 46.1 Å². The summed E-state index contributed by atoms with van der Waals surface area (Å²) in [6.45, 7) is 8.62. The highest BCUT2D eigenvalue weighted by Gasteiger charge is 2.23. The molecule has 2 aromatic carbocycles. The van der Waals surface area contributed by atoms with E-state index in [4.69, 9.17) is 4.98 Å². The Morgan fingerprint density at radius 3 is 2.48 bits per heavy atom. The summed E-state index contributed by atoms with van der Waals surface area (Å²) in [5.41, 5.74) is 7.13. The fourth-order valence-electron chi connectivity index (χ4n) is 3.48. The third-order valence-corrected chi connectivity index (χ3v) is 6.13. The summed E-state index contributed by atoms with van der Waals surface area (Å²) in [5.74, 6) is -0.0471. The van der Waals surface area contributed by atoms with Gasteiger partial charge in [0.1, 0.15) is 0 Å². The number of rotatable bonds is 4. The number of carbonyl (C=O) groups excluding carboxylic acids is 1. The molecule has 1 amide bonds. The molecular weight excluding hydrogens is 378 g/mol. The average Bonchev–Trinajstić information content (AvgIpc) is 3.13. The number of anilines is 1. The van der Waals surface area contributed by atoms with Crippen LogP contribution in [0.2, 0.25) is 0 Å². The summed E-state index contributed by atoms with van der Waals surface area (Å²) < 4.78 is 1.09.